The van der Waals surface area contributed by atoms with Crippen LogP contribution in [-0.4, -0.2) is 47.0 Å². The van der Waals surface area contributed by atoms with Crippen molar-refractivity contribution < 1.29 is 24.2 Å². The van der Waals surface area contributed by atoms with E-state index < -0.39 is 17.5 Å². The molecule has 2 aromatic carbocycles. The van der Waals surface area contributed by atoms with E-state index >= 15 is 0 Å². The zero-order valence-electron chi connectivity index (χ0n) is 19.9. The minimum atomic E-state index is -1.01. The van der Waals surface area contributed by atoms with Gasteiger partial charge < -0.3 is 20.5 Å². The van der Waals surface area contributed by atoms with Gasteiger partial charge in [0.25, 0.3) is 5.91 Å². The largest absolute Gasteiger partial charge is 0.508 e. The molecular formula is C27H32N2O5. The third-order valence-corrected chi connectivity index (χ3v) is 6.86. The van der Waals surface area contributed by atoms with E-state index in [1.54, 1.807) is 24.3 Å². The maximum absolute atomic E-state index is 13.4. The van der Waals surface area contributed by atoms with Crippen molar-refractivity contribution in [1.82, 2.24) is 10.6 Å². The van der Waals surface area contributed by atoms with Crippen LogP contribution in [0.1, 0.15) is 61.5 Å². The predicted molar refractivity (Wildman–Crippen MR) is 128 cm³/mol. The Morgan fingerprint density at radius 2 is 1.79 bits per heavy atom. The molecule has 1 saturated carbocycles. The van der Waals surface area contributed by atoms with Crippen molar-refractivity contribution in [3.8, 4) is 5.75 Å². The van der Waals surface area contributed by atoms with Crippen LogP contribution in [0.3, 0.4) is 0 Å². The molecular weight excluding hydrogens is 432 g/mol. The number of fused-ring (bicyclic) bond motifs is 1. The summed E-state index contributed by atoms with van der Waals surface area (Å²) in [5, 5.41) is 15.4. The average Bonchev–Trinajstić information content (AvgIpc) is 3.33. The van der Waals surface area contributed by atoms with E-state index in [0.29, 0.717) is 12.0 Å². The molecule has 0 aromatic heterocycles. The van der Waals surface area contributed by atoms with E-state index in [0.717, 1.165) is 24.0 Å². The van der Waals surface area contributed by atoms with Gasteiger partial charge in [-0.15, -0.1) is 0 Å². The lowest BCUT2D eigenvalue weighted by Crippen LogP contribution is -2.60. The number of ether oxygens (including phenoxy) is 1. The second-order valence-corrected chi connectivity index (χ2v) is 10.3. The fraction of sp³-hybridized carbons (Fsp3) is 0.444. The van der Waals surface area contributed by atoms with Gasteiger partial charge in [-0.1, -0.05) is 45.0 Å². The van der Waals surface area contributed by atoms with Gasteiger partial charge in [0.15, 0.2) is 5.78 Å². The van der Waals surface area contributed by atoms with Crippen LogP contribution in [-0.2, 0) is 26.2 Å². The summed E-state index contributed by atoms with van der Waals surface area (Å²) in [6.45, 7) is 6.30. The topological polar surface area (TPSA) is 105 Å². The monoisotopic (exact) mass is 464 g/mol. The average molecular weight is 465 g/mol. The highest BCUT2D eigenvalue weighted by Gasteiger charge is 2.55. The lowest BCUT2D eigenvalue weighted by molar-refractivity contribution is -0.131. The van der Waals surface area contributed by atoms with Gasteiger partial charge in [0.05, 0.1) is 6.10 Å². The van der Waals surface area contributed by atoms with Crippen molar-refractivity contribution in [3.05, 3.63) is 65.2 Å². The standard InChI is InChI=1S/C27H32N2O5/c1-26(2,3)19-10-8-18(9-11-19)24(32)28-21(15-17-6-12-20(30)13-7-17)25(33)29-27-14-4-5-23(27)34-16-22(27)31/h6-13,21,23,30H,4-5,14-16H2,1-3H3,(H,28,32)(H,29,33)/t21-,23?,27?/m0/s1. The van der Waals surface area contributed by atoms with Gasteiger partial charge in [0.2, 0.25) is 5.91 Å². The summed E-state index contributed by atoms with van der Waals surface area (Å²) in [6.07, 6.45) is 1.95. The second kappa shape index (κ2) is 9.22. The van der Waals surface area contributed by atoms with Crippen LogP contribution in [0.25, 0.3) is 0 Å². The van der Waals surface area contributed by atoms with Crippen molar-refractivity contribution >= 4 is 17.6 Å². The molecule has 2 aliphatic rings. The number of phenolic OH excluding ortho intramolecular Hbond substituents is 1. The SMILES string of the molecule is CC(C)(C)c1ccc(C(=O)N[C@@H](Cc2ccc(O)cc2)C(=O)NC23CCCC2OCC3=O)cc1. The lowest BCUT2D eigenvalue weighted by Gasteiger charge is -2.30. The molecule has 2 amide bonds. The minimum Gasteiger partial charge on any atom is -0.508 e. The molecule has 1 saturated heterocycles. The fourth-order valence-corrected chi connectivity index (χ4v) is 4.78. The van der Waals surface area contributed by atoms with Crippen LogP contribution >= 0.6 is 0 Å². The van der Waals surface area contributed by atoms with E-state index in [4.69, 9.17) is 4.74 Å². The first kappa shape index (κ1) is 24.0. The Labute approximate surface area is 199 Å². The number of hydrogen-bond donors (Lipinski definition) is 3. The summed E-state index contributed by atoms with van der Waals surface area (Å²) in [5.74, 6) is -0.780. The Kier molecular flexibility index (Phi) is 6.49. The van der Waals surface area contributed by atoms with Gasteiger partial charge in [-0.25, -0.2) is 0 Å². The van der Waals surface area contributed by atoms with Crippen LogP contribution in [0.5, 0.6) is 5.75 Å². The summed E-state index contributed by atoms with van der Waals surface area (Å²) in [6, 6.07) is 12.9. The normalized spacial score (nSPS) is 22.8. The maximum atomic E-state index is 13.4. The number of hydrogen-bond acceptors (Lipinski definition) is 5. The minimum absolute atomic E-state index is 0.0000596. The second-order valence-electron chi connectivity index (χ2n) is 10.3. The summed E-state index contributed by atoms with van der Waals surface area (Å²) >= 11 is 0. The van der Waals surface area contributed by atoms with Crippen LogP contribution in [0.2, 0.25) is 0 Å². The zero-order valence-corrected chi connectivity index (χ0v) is 19.9. The first-order chi connectivity index (χ1) is 16.1. The molecule has 7 nitrogen and oxygen atoms in total. The van der Waals surface area contributed by atoms with Gasteiger partial charge in [-0.05, 0) is 60.1 Å². The molecule has 1 aliphatic carbocycles. The van der Waals surface area contributed by atoms with Crippen molar-refractivity contribution in [2.45, 2.75) is 69.6 Å². The Balaban J connectivity index is 1.55. The first-order valence-corrected chi connectivity index (χ1v) is 11.7. The summed E-state index contributed by atoms with van der Waals surface area (Å²) in [5.41, 5.74) is 1.28. The molecule has 0 bridgehead atoms. The van der Waals surface area contributed by atoms with E-state index in [1.807, 2.05) is 12.1 Å². The number of phenols is 1. The summed E-state index contributed by atoms with van der Waals surface area (Å²) < 4.78 is 5.61. The van der Waals surface area contributed by atoms with E-state index in [2.05, 4.69) is 31.4 Å². The number of ketones is 1. The van der Waals surface area contributed by atoms with Crippen molar-refractivity contribution in [2.24, 2.45) is 0 Å². The Bertz CT molecular complexity index is 1070. The van der Waals surface area contributed by atoms with Crippen molar-refractivity contribution in [2.75, 3.05) is 6.61 Å². The molecule has 4 rings (SSSR count). The van der Waals surface area contributed by atoms with Gasteiger partial charge in [0.1, 0.15) is 23.9 Å². The lowest BCUT2D eigenvalue weighted by atomic mass is 9.86. The molecule has 7 heteroatoms. The maximum Gasteiger partial charge on any atom is 0.251 e. The van der Waals surface area contributed by atoms with E-state index in [1.165, 1.54) is 12.1 Å². The Hall–Kier alpha value is -3.19. The highest BCUT2D eigenvalue weighted by molar-refractivity contribution is 6.00. The molecule has 0 spiro atoms. The van der Waals surface area contributed by atoms with Gasteiger partial charge in [-0.2, -0.15) is 0 Å². The smallest absolute Gasteiger partial charge is 0.251 e. The number of carbonyl (C=O) groups is 3. The van der Waals surface area contributed by atoms with Crippen molar-refractivity contribution in [1.29, 1.82) is 0 Å². The number of aromatic hydroxyl groups is 1. The molecule has 2 aromatic rings. The van der Waals surface area contributed by atoms with Crippen LogP contribution in [0.4, 0.5) is 0 Å². The van der Waals surface area contributed by atoms with Gasteiger partial charge in [-0.3, -0.25) is 14.4 Å². The summed E-state index contributed by atoms with van der Waals surface area (Å²) in [7, 11) is 0. The van der Waals surface area contributed by atoms with E-state index in [9.17, 15) is 19.5 Å². The van der Waals surface area contributed by atoms with Gasteiger partial charge >= 0.3 is 0 Å². The molecule has 1 heterocycles. The molecule has 180 valence electrons. The Morgan fingerprint density at radius 1 is 1.12 bits per heavy atom. The Morgan fingerprint density at radius 3 is 2.44 bits per heavy atom. The molecule has 0 radical (unpaired) electrons. The molecule has 2 unspecified atom stereocenters. The quantitative estimate of drug-likeness (QED) is 0.610. The molecule has 1 aliphatic heterocycles. The van der Waals surface area contributed by atoms with Crippen molar-refractivity contribution in [3.63, 3.8) is 0 Å². The molecule has 3 atom stereocenters. The van der Waals surface area contributed by atoms with Crippen LogP contribution < -0.4 is 10.6 Å². The number of Topliss-reactive ketones (excluding diaryl/α,β-unsaturated/α-hetero) is 1. The highest BCUT2D eigenvalue weighted by Crippen LogP contribution is 2.38. The number of nitrogens with one attached hydrogen (secondary N) is 2. The van der Waals surface area contributed by atoms with E-state index in [-0.39, 0.29) is 42.0 Å². The number of rotatable bonds is 6. The molecule has 34 heavy (non-hydrogen) atoms. The fourth-order valence-electron chi connectivity index (χ4n) is 4.78. The zero-order chi connectivity index (χ0) is 24.5. The van der Waals surface area contributed by atoms with Crippen LogP contribution in [0.15, 0.2) is 48.5 Å². The third kappa shape index (κ3) is 4.85. The molecule has 2 fully saturated rings. The molecule has 3 N–H and O–H groups in total. The number of carbonyl (C=O) groups excluding carboxylic acids is 3. The number of benzene rings is 2. The highest BCUT2D eigenvalue weighted by atomic mass is 16.5. The summed E-state index contributed by atoms with van der Waals surface area (Å²) in [4.78, 5) is 39.1. The third-order valence-electron chi connectivity index (χ3n) is 6.86. The van der Waals surface area contributed by atoms with Gasteiger partial charge in [0, 0.05) is 12.0 Å². The number of amides is 2. The first-order valence-electron chi connectivity index (χ1n) is 11.7. The van der Waals surface area contributed by atoms with Crippen LogP contribution in [0, 0.1) is 0 Å². The predicted octanol–water partition coefficient (Wildman–Crippen LogP) is 3.04.